The van der Waals surface area contributed by atoms with Gasteiger partial charge >= 0.3 is 0 Å². The highest BCUT2D eigenvalue weighted by Crippen LogP contribution is 2.28. The Morgan fingerprint density at radius 3 is 1.46 bits per heavy atom. The SMILES string of the molecule is CCCCCOc1ccc(-c2ccc(-c3ccc(C(C)(C)C)cc3)cc2)cc1. The molecule has 28 heavy (non-hydrogen) atoms. The third-order valence-electron chi connectivity index (χ3n) is 5.17. The predicted molar refractivity (Wildman–Crippen MR) is 121 cm³/mol. The van der Waals surface area contributed by atoms with Crippen molar-refractivity contribution < 1.29 is 4.74 Å². The topological polar surface area (TPSA) is 9.23 Å². The van der Waals surface area contributed by atoms with E-state index in [1.54, 1.807) is 0 Å². The van der Waals surface area contributed by atoms with Gasteiger partial charge in [-0.15, -0.1) is 0 Å². The molecule has 0 N–H and O–H groups in total. The van der Waals surface area contributed by atoms with Crippen LogP contribution in [0.3, 0.4) is 0 Å². The molecule has 3 aromatic rings. The Labute approximate surface area is 170 Å². The molecule has 0 spiro atoms. The van der Waals surface area contributed by atoms with Crippen LogP contribution >= 0.6 is 0 Å². The second-order valence-electron chi connectivity index (χ2n) is 8.48. The normalized spacial score (nSPS) is 11.4. The first kappa shape index (κ1) is 20.2. The fourth-order valence-corrected chi connectivity index (χ4v) is 3.30. The standard InChI is InChI=1S/C27H32O/c1-5-6-7-20-28-26-18-14-24(15-19-26)22-10-8-21(9-11-22)23-12-16-25(17-13-23)27(2,3)4/h8-19H,5-7,20H2,1-4H3. The quantitative estimate of drug-likeness (QED) is 0.383. The Kier molecular flexibility index (Phi) is 6.57. The van der Waals surface area contributed by atoms with Crippen molar-refractivity contribution in [3.63, 3.8) is 0 Å². The van der Waals surface area contributed by atoms with Gasteiger partial charge < -0.3 is 4.74 Å². The van der Waals surface area contributed by atoms with Crippen molar-refractivity contribution in [1.29, 1.82) is 0 Å². The zero-order valence-corrected chi connectivity index (χ0v) is 17.7. The lowest BCUT2D eigenvalue weighted by atomic mass is 9.86. The molecule has 1 heteroatoms. The van der Waals surface area contributed by atoms with Gasteiger partial charge in [0, 0.05) is 0 Å². The highest BCUT2D eigenvalue weighted by Gasteiger charge is 2.13. The number of hydrogen-bond acceptors (Lipinski definition) is 1. The van der Waals surface area contributed by atoms with E-state index in [9.17, 15) is 0 Å². The van der Waals surface area contributed by atoms with Gasteiger partial charge in [0.25, 0.3) is 0 Å². The minimum Gasteiger partial charge on any atom is -0.494 e. The van der Waals surface area contributed by atoms with Crippen LogP contribution < -0.4 is 4.74 Å². The van der Waals surface area contributed by atoms with E-state index in [0.717, 1.165) is 18.8 Å². The molecule has 0 aliphatic heterocycles. The average molecular weight is 373 g/mol. The number of rotatable bonds is 7. The van der Waals surface area contributed by atoms with Gasteiger partial charge in [0.05, 0.1) is 6.61 Å². The average Bonchev–Trinajstić information content (AvgIpc) is 2.71. The van der Waals surface area contributed by atoms with E-state index in [2.05, 4.69) is 100 Å². The fourth-order valence-electron chi connectivity index (χ4n) is 3.30. The monoisotopic (exact) mass is 372 g/mol. The van der Waals surface area contributed by atoms with Crippen LogP contribution in [0.15, 0.2) is 72.8 Å². The minimum absolute atomic E-state index is 0.189. The summed E-state index contributed by atoms with van der Waals surface area (Å²) in [5.74, 6) is 0.954. The highest BCUT2D eigenvalue weighted by molar-refractivity contribution is 5.70. The summed E-state index contributed by atoms with van der Waals surface area (Å²) in [7, 11) is 0. The zero-order valence-electron chi connectivity index (χ0n) is 17.7. The molecule has 0 bridgehead atoms. The smallest absolute Gasteiger partial charge is 0.119 e. The van der Waals surface area contributed by atoms with Crippen LogP contribution in [0.2, 0.25) is 0 Å². The lowest BCUT2D eigenvalue weighted by Crippen LogP contribution is -2.10. The van der Waals surface area contributed by atoms with E-state index >= 15 is 0 Å². The first-order valence-electron chi connectivity index (χ1n) is 10.4. The Hall–Kier alpha value is -2.54. The van der Waals surface area contributed by atoms with Crippen LogP contribution in [-0.2, 0) is 5.41 Å². The van der Waals surface area contributed by atoms with Crippen molar-refractivity contribution in [3.05, 3.63) is 78.4 Å². The molecule has 0 saturated carbocycles. The molecule has 0 aromatic heterocycles. The lowest BCUT2D eigenvalue weighted by Gasteiger charge is -2.19. The Balaban J connectivity index is 1.67. The molecule has 1 nitrogen and oxygen atoms in total. The Morgan fingerprint density at radius 2 is 1.04 bits per heavy atom. The molecule has 0 heterocycles. The van der Waals surface area contributed by atoms with Gasteiger partial charge in [-0.05, 0) is 51.8 Å². The third-order valence-corrected chi connectivity index (χ3v) is 5.17. The zero-order chi connectivity index (χ0) is 20.0. The number of ether oxygens (including phenoxy) is 1. The maximum atomic E-state index is 5.81. The molecular weight excluding hydrogens is 340 g/mol. The van der Waals surface area contributed by atoms with Gasteiger partial charge in [0.2, 0.25) is 0 Å². The summed E-state index contributed by atoms with van der Waals surface area (Å²) in [6.07, 6.45) is 3.57. The lowest BCUT2D eigenvalue weighted by molar-refractivity contribution is 0.306. The maximum Gasteiger partial charge on any atom is 0.119 e. The van der Waals surface area contributed by atoms with Crippen molar-refractivity contribution in [2.45, 2.75) is 52.4 Å². The van der Waals surface area contributed by atoms with E-state index in [4.69, 9.17) is 4.74 Å². The van der Waals surface area contributed by atoms with Crippen LogP contribution in [0, 0.1) is 0 Å². The van der Waals surface area contributed by atoms with Crippen LogP contribution in [0.1, 0.15) is 52.5 Å². The van der Waals surface area contributed by atoms with Crippen molar-refractivity contribution in [3.8, 4) is 28.0 Å². The Bertz CT molecular complexity index is 850. The number of benzene rings is 3. The molecule has 0 amide bonds. The van der Waals surface area contributed by atoms with Crippen molar-refractivity contribution >= 4 is 0 Å². The van der Waals surface area contributed by atoms with Crippen molar-refractivity contribution in [2.75, 3.05) is 6.61 Å². The van der Waals surface area contributed by atoms with Gasteiger partial charge in [-0.25, -0.2) is 0 Å². The summed E-state index contributed by atoms with van der Waals surface area (Å²) in [6, 6.07) is 26.2. The third kappa shape index (κ3) is 5.25. The molecule has 0 saturated heterocycles. The molecule has 0 atom stereocenters. The molecule has 0 aliphatic carbocycles. The van der Waals surface area contributed by atoms with Crippen molar-refractivity contribution in [1.82, 2.24) is 0 Å². The summed E-state index contributed by atoms with van der Waals surface area (Å²) < 4.78 is 5.81. The van der Waals surface area contributed by atoms with E-state index in [-0.39, 0.29) is 5.41 Å². The van der Waals surface area contributed by atoms with Gasteiger partial charge in [0.1, 0.15) is 5.75 Å². The summed E-state index contributed by atoms with van der Waals surface area (Å²) in [5.41, 5.74) is 6.51. The van der Waals surface area contributed by atoms with Crippen LogP contribution in [0.25, 0.3) is 22.3 Å². The maximum absolute atomic E-state index is 5.81. The van der Waals surface area contributed by atoms with Gasteiger partial charge in [0.15, 0.2) is 0 Å². The van der Waals surface area contributed by atoms with Gasteiger partial charge in [-0.2, -0.15) is 0 Å². The number of unbranched alkanes of at least 4 members (excludes halogenated alkanes) is 2. The minimum atomic E-state index is 0.189. The van der Waals surface area contributed by atoms with Crippen LogP contribution in [0.4, 0.5) is 0 Å². The second-order valence-corrected chi connectivity index (χ2v) is 8.48. The second kappa shape index (κ2) is 9.10. The molecule has 3 rings (SSSR count). The number of hydrogen-bond donors (Lipinski definition) is 0. The van der Waals surface area contributed by atoms with Crippen LogP contribution in [-0.4, -0.2) is 6.61 Å². The fraction of sp³-hybridized carbons (Fsp3) is 0.333. The molecule has 0 aliphatic rings. The molecule has 0 unspecified atom stereocenters. The van der Waals surface area contributed by atoms with E-state index in [0.29, 0.717) is 0 Å². The summed E-state index contributed by atoms with van der Waals surface area (Å²) in [4.78, 5) is 0. The first-order chi connectivity index (χ1) is 13.5. The molecule has 3 aromatic carbocycles. The molecule has 0 fully saturated rings. The predicted octanol–water partition coefficient (Wildman–Crippen LogP) is 7.89. The first-order valence-corrected chi connectivity index (χ1v) is 10.4. The van der Waals surface area contributed by atoms with Gasteiger partial charge in [-0.3, -0.25) is 0 Å². The van der Waals surface area contributed by atoms with E-state index < -0.39 is 0 Å². The summed E-state index contributed by atoms with van der Waals surface area (Å²) >= 11 is 0. The van der Waals surface area contributed by atoms with Crippen molar-refractivity contribution in [2.24, 2.45) is 0 Å². The molecule has 146 valence electrons. The highest BCUT2D eigenvalue weighted by atomic mass is 16.5. The molecule has 0 radical (unpaired) electrons. The van der Waals surface area contributed by atoms with Gasteiger partial charge in [-0.1, -0.05) is 101 Å². The summed E-state index contributed by atoms with van der Waals surface area (Å²) in [5, 5.41) is 0. The van der Waals surface area contributed by atoms with E-state index in [1.165, 1.54) is 40.7 Å². The largest absolute Gasteiger partial charge is 0.494 e. The summed E-state index contributed by atoms with van der Waals surface area (Å²) in [6.45, 7) is 9.76. The van der Waals surface area contributed by atoms with Crippen LogP contribution in [0.5, 0.6) is 5.75 Å². The van der Waals surface area contributed by atoms with E-state index in [1.807, 2.05) is 0 Å². The molecular formula is C27H32O. The Morgan fingerprint density at radius 1 is 0.607 bits per heavy atom.